The minimum Gasteiger partial charge on any atom is -0.389 e. The van der Waals surface area contributed by atoms with Crippen LogP contribution in [-0.4, -0.2) is 56.9 Å². The number of aliphatic hydroxyl groups is 1. The topological polar surface area (TPSA) is 75.6 Å². The van der Waals surface area contributed by atoms with E-state index in [2.05, 4.69) is 19.2 Å². The normalized spacial score (nSPS) is 22.2. The van der Waals surface area contributed by atoms with Gasteiger partial charge in [-0.1, -0.05) is 13.8 Å². The largest absolute Gasteiger partial charge is 0.389 e. The first-order chi connectivity index (χ1) is 8.39. The summed E-state index contributed by atoms with van der Waals surface area (Å²) in [6, 6.07) is 0.202. The third-order valence-corrected chi connectivity index (χ3v) is 4.67. The smallest absolute Gasteiger partial charge is 0.150 e. The van der Waals surface area contributed by atoms with Crippen molar-refractivity contribution in [3.63, 3.8) is 0 Å². The van der Waals surface area contributed by atoms with Crippen molar-refractivity contribution in [1.29, 1.82) is 0 Å². The van der Waals surface area contributed by atoms with Gasteiger partial charge >= 0.3 is 0 Å². The highest BCUT2D eigenvalue weighted by molar-refractivity contribution is 7.91. The van der Waals surface area contributed by atoms with E-state index in [1.165, 1.54) is 0 Å². The molecule has 0 amide bonds. The van der Waals surface area contributed by atoms with Crippen LogP contribution in [0.2, 0.25) is 0 Å². The van der Waals surface area contributed by atoms with Crippen molar-refractivity contribution in [2.45, 2.75) is 38.8 Å². The Hall–Kier alpha value is -0.170. The first-order valence-corrected chi connectivity index (χ1v) is 8.41. The number of hydrogen-bond acceptors (Lipinski definition) is 5. The predicted molar refractivity (Wildman–Crippen MR) is 71.3 cm³/mol. The second-order valence-electron chi connectivity index (χ2n) is 5.42. The molecule has 108 valence electrons. The molecule has 1 fully saturated rings. The van der Waals surface area contributed by atoms with Crippen LogP contribution in [-0.2, 0) is 14.6 Å². The minimum atomic E-state index is -2.81. The van der Waals surface area contributed by atoms with Crippen LogP contribution in [0, 0.1) is 5.92 Å². The Bertz CT molecular complexity index is 315. The van der Waals surface area contributed by atoms with E-state index in [4.69, 9.17) is 4.74 Å². The molecule has 1 saturated heterocycles. The first-order valence-electron chi connectivity index (χ1n) is 6.58. The highest BCUT2D eigenvalue weighted by Gasteiger charge is 2.23. The first kappa shape index (κ1) is 15.9. The van der Waals surface area contributed by atoms with Gasteiger partial charge in [-0.05, 0) is 18.8 Å². The molecule has 0 aromatic carbocycles. The lowest BCUT2D eigenvalue weighted by atomic mass is 10.1. The van der Waals surface area contributed by atoms with Crippen molar-refractivity contribution in [3.05, 3.63) is 0 Å². The summed E-state index contributed by atoms with van der Waals surface area (Å²) in [5.41, 5.74) is 0. The van der Waals surface area contributed by atoms with Crippen LogP contribution in [0.25, 0.3) is 0 Å². The Balaban J connectivity index is 2.10. The number of sulfone groups is 1. The zero-order valence-electron chi connectivity index (χ0n) is 11.3. The lowest BCUT2D eigenvalue weighted by molar-refractivity contribution is 0.0248. The number of aliphatic hydroxyl groups excluding tert-OH is 1. The van der Waals surface area contributed by atoms with Crippen molar-refractivity contribution in [1.82, 2.24) is 5.32 Å². The van der Waals surface area contributed by atoms with Crippen LogP contribution in [0.5, 0.6) is 0 Å². The van der Waals surface area contributed by atoms with E-state index in [-0.39, 0.29) is 17.5 Å². The van der Waals surface area contributed by atoms with E-state index < -0.39 is 15.9 Å². The van der Waals surface area contributed by atoms with Crippen LogP contribution >= 0.6 is 0 Å². The molecule has 0 bridgehead atoms. The highest BCUT2D eigenvalue weighted by Crippen LogP contribution is 2.11. The molecule has 0 aromatic rings. The second kappa shape index (κ2) is 7.43. The fraction of sp³-hybridized carbons (Fsp3) is 1.00. The summed E-state index contributed by atoms with van der Waals surface area (Å²) in [6.45, 7) is 5.57. The average Bonchev–Trinajstić information content (AvgIpc) is 2.27. The van der Waals surface area contributed by atoms with Crippen LogP contribution in [0.1, 0.15) is 26.7 Å². The molecule has 0 saturated carbocycles. The molecule has 0 aliphatic carbocycles. The molecule has 1 rings (SSSR count). The van der Waals surface area contributed by atoms with Gasteiger partial charge in [0.25, 0.3) is 0 Å². The molecule has 1 aliphatic heterocycles. The molecular formula is C12H25NO4S. The maximum atomic E-state index is 11.2. The third kappa shape index (κ3) is 6.68. The Kier molecular flexibility index (Phi) is 6.55. The van der Waals surface area contributed by atoms with Crippen LogP contribution in [0.15, 0.2) is 0 Å². The fourth-order valence-corrected chi connectivity index (χ4v) is 3.39. The van der Waals surface area contributed by atoms with Gasteiger partial charge in [0.1, 0.15) is 9.84 Å². The van der Waals surface area contributed by atoms with Gasteiger partial charge < -0.3 is 15.2 Å². The summed E-state index contributed by atoms with van der Waals surface area (Å²) < 4.78 is 27.8. The molecule has 1 atom stereocenters. The van der Waals surface area contributed by atoms with Gasteiger partial charge in [-0.2, -0.15) is 0 Å². The van der Waals surface area contributed by atoms with Crippen LogP contribution in [0.3, 0.4) is 0 Å². The molecule has 1 heterocycles. The summed E-state index contributed by atoms with van der Waals surface area (Å²) in [4.78, 5) is 0. The summed E-state index contributed by atoms with van der Waals surface area (Å²) >= 11 is 0. The van der Waals surface area contributed by atoms with E-state index in [1.54, 1.807) is 0 Å². The number of ether oxygens (including phenoxy) is 1. The number of nitrogens with one attached hydrogen (secondary N) is 1. The molecule has 18 heavy (non-hydrogen) atoms. The fourth-order valence-electron chi connectivity index (χ4n) is 1.90. The van der Waals surface area contributed by atoms with E-state index in [9.17, 15) is 13.5 Å². The molecular weight excluding hydrogens is 254 g/mol. The van der Waals surface area contributed by atoms with E-state index >= 15 is 0 Å². The quantitative estimate of drug-likeness (QED) is 0.695. The number of rotatable bonds is 7. The summed E-state index contributed by atoms with van der Waals surface area (Å²) in [5, 5.41) is 12.9. The molecule has 2 N–H and O–H groups in total. The average molecular weight is 279 g/mol. The van der Waals surface area contributed by atoms with Crippen LogP contribution in [0.4, 0.5) is 0 Å². The zero-order valence-corrected chi connectivity index (χ0v) is 12.1. The molecule has 1 aliphatic rings. The standard InChI is InChI=1S/C12H25NO4S/c1-10(2)8-17-9-12(14)7-13-11-3-5-18(15,16)6-4-11/h10-14H,3-9H2,1-2H3. The second-order valence-corrected chi connectivity index (χ2v) is 7.72. The van der Waals surface area contributed by atoms with E-state index in [0.29, 0.717) is 38.5 Å². The van der Waals surface area contributed by atoms with Gasteiger partial charge in [0.15, 0.2) is 0 Å². The highest BCUT2D eigenvalue weighted by atomic mass is 32.2. The molecule has 6 heteroatoms. The Labute approximate surface area is 110 Å². The lowest BCUT2D eigenvalue weighted by Gasteiger charge is -2.24. The number of hydrogen-bond donors (Lipinski definition) is 2. The Morgan fingerprint density at radius 3 is 2.44 bits per heavy atom. The van der Waals surface area contributed by atoms with Gasteiger partial charge in [-0.15, -0.1) is 0 Å². The van der Waals surface area contributed by atoms with Crippen molar-refractivity contribution >= 4 is 9.84 Å². The van der Waals surface area contributed by atoms with Gasteiger partial charge in [0.2, 0.25) is 0 Å². The van der Waals surface area contributed by atoms with Crippen molar-refractivity contribution in [3.8, 4) is 0 Å². The predicted octanol–water partition coefficient (Wildman–Crippen LogP) is 0.187. The third-order valence-electron chi connectivity index (χ3n) is 2.96. The van der Waals surface area contributed by atoms with Gasteiger partial charge in [0, 0.05) is 19.2 Å². The summed E-state index contributed by atoms with van der Waals surface area (Å²) in [6.07, 6.45) is 0.756. The minimum absolute atomic E-state index is 0.202. The monoisotopic (exact) mass is 279 g/mol. The van der Waals surface area contributed by atoms with Crippen molar-refractivity contribution in [2.24, 2.45) is 5.92 Å². The van der Waals surface area contributed by atoms with Gasteiger partial charge in [-0.3, -0.25) is 0 Å². The van der Waals surface area contributed by atoms with Crippen molar-refractivity contribution in [2.75, 3.05) is 31.3 Å². The summed E-state index contributed by atoms with van der Waals surface area (Å²) in [5.74, 6) is 0.976. The SMILES string of the molecule is CC(C)COCC(O)CNC1CCS(=O)(=O)CC1. The maximum Gasteiger partial charge on any atom is 0.150 e. The van der Waals surface area contributed by atoms with Gasteiger partial charge in [-0.25, -0.2) is 8.42 Å². The van der Waals surface area contributed by atoms with E-state index in [0.717, 1.165) is 0 Å². The van der Waals surface area contributed by atoms with Crippen molar-refractivity contribution < 1.29 is 18.3 Å². The molecule has 0 radical (unpaired) electrons. The van der Waals surface area contributed by atoms with Crippen LogP contribution < -0.4 is 5.32 Å². The maximum absolute atomic E-state index is 11.2. The zero-order chi connectivity index (χ0) is 13.6. The molecule has 1 unspecified atom stereocenters. The molecule has 0 spiro atoms. The van der Waals surface area contributed by atoms with Gasteiger partial charge in [0.05, 0.1) is 24.2 Å². The Morgan fingerprint density at radius 1 is 1.28 bits per heavy atom. The summed E-state index contributed by atoms with van der Waals surface area (Å²) in [7, 11) is -2.81. The molecule has 5 nitrogen and oxygen atoms in total. The molecule has 0 aromatic heterocycles. The van der Waals surface area contributed by atoms with E-state index in [1.807, 2.05) is 0 Å². The Morgan fingerprint density at radius 2 is 1.89 bits per heavy atom. The lowest BCUT2D eigenvalue weighted by Crippen LogP contribution is -2.42.